The van der Waals surface area contributed by atoms with Gasteiger partial charge in [0.05, 0.1) is 11.6 Å². The fourth-order valence-electron chi connectivity index (χ4n) is 4.67. The van der Waals surface area contributed by atoms with Crippen LogP contribution >= 0.6 is 0 Å². The van der Waals surface area contributed by atoms with Gasteiger partial charge in [0.2, 0.25) is 11.7 Å². The monoisotopic (exact) mass is 399 g/mol. The van der Waals surface area contributed by atoms with Crippen molar-refractivity contribution in [3.63, 3.8) is 0 Å². The van der Waals surface area contributed by atoms with Gasteiger partial charge in [-0.25, -0.2) is 0 Å². The summed E-state index contributed by atoms with van der Waals surface area (Å²) in [7, 11) is 0. The molecule has 1 saturated heterocycles. The van der Waals surface area contributed by atoms with Crippen molar-refractivity contribution in [3.8, 4) is 0 Å². The normalized spacial score (nSPS) is 18.3. The zero-order valence-corrected chi connectivity index (χ0v) is 16.9. The van der Waals surface area contributed by atoms with Gasteiger partial charge in [0.15, 0.2) is 0 Å². The standard InChI is InChI=1S/C25H25N3O2/c29-24(19-7-3-1-4-8-19)23-12-11-22-21(13-14-28(22)23)25(30)27-17-15-26(16-18-27)20-9-5-2-6-10-20/h1-12,21H,13-18H2/t21-/m1/s1. The Morgan fingerprint density at radius 2 is 1.40 bits per heavy atom. The molecule has 0 aliphatic carbocycles. The first-order chi connectivity index (χ1) is 14.7. The minimum atomic E-state index is -0.148. The Labute approximate surface area is 176 Å². The second-order valence-corrected chi connectivity index (χ2v) is 7.98. The number of benzene rings is 2. The van der Waals surface area contributed by atoms with E-state index < -0.39 is 0 Å². The van der Waals surface area contributed by atoms with E-state index in [1.165, 1.54) is 5.69 Å². The molecule has 5 rings (SSSR count). The van der Waals surface area contributed by atoms with E-state index in [0.717, 1.165) is 44.8 Å². The van der Waals surface area contributed by atoms with Gasteiger partial charge >= 0.3 is 0 Å². The Morgan fingerprint density at radius 3 is 2.10 bits per heavy atom. The Kier molecular flexibility index (Phi) is 4.87. The number of carbonyl (C=O) groups excluding carboxylic acids is 2. The third-order valence-electron chi connectivity index (χ3n) is 6.29. The van der Waals surface area contributed by atoms with Crippen LogP contribution in [0.15, 0.2) is 72.8 Å². The van der Waals surface area contributed by atoms with Gasteiger partial charge in [-0.3, -0.25) is 9.59 Å². The van der Waals surface area contributed by atoms with E-state index >= 15 is 0 Å². The molecule has 3 aromatic rings. The smallest absolute Gasteiger partial charge is 0.231 e. The molecule has 5 heteroatoms. The average molecular weight is 399 g/mol. The van der Waals surface area contributed by atoms with Crippen molar-refractivity contribution >= 4 is 17.4 Å². The fourth-order valence-corrected chi connectivity index (χ4v) is 4.67. The molecule has 0 N–H and O–H groups in total. The first kappa shape index (κ1) is 18.7. The summed E-state index contributed by atoms with van der Waals surface area (Å²) in [5, 5.41) is 0. The second kappa shape index (κ2) is 7.82. The van der Waals surface area contributed by atoms with E-state index in [9.17, 15) is 9.59 Å². The number of aromatic nitrogens is 1. The molecular weight excluding hydrogens is 374 g/mol. The largest absolute Gasteiger partial charge is 0.368 e. The van der Waals surface area contributed by atoms with Crippen molar-refractivity contribution in [2.24, 2.45) is 0 Å². The van der Waals surface area contributed by atoms with Gasteiger partial charge in [0, 0.05) is 49.7 Å². The lowest BCUT2D eigenvalue weighted by Crippen LogP contribution is -2.49. The lowest BCUT2D eigenvalue weighted by molar-refractivity contribution is -0.133. The molecular formula is C25H25N3O2. The van der Waals surface area contributed by atoms with Crippen molar-refractivity contribution in [1.82, 2.24) is 9.47 Å². The number of piperazine rings is 1. The topological polar surface area (TPSA) is 45.6 Å². The molecule has 0 radical (unpaired) electrons. The lowest BCUT2D eigenvalue weighted by Gasteiger charge is -2.37. The Bertz CT molecular complexity index is 1050. The van der Waals surface area contributed by atoms with Gasteiger partial charge in [-0.05, 0) is 30.7 Å². The van der Waals surface area contributed by atoms with Crippen molar-refractivity contribution in [2.75, 3.05) is 31.1 Å². The number of hydrogen-bond acceptors (Lipinski definition) is 3. The first-order valence-electron chi connectivity index (χ1n) is 10.6. The van der Waals surface area contributed by atoms with Crippen molar-refractivity contribution in [2.45, 2.75) is 18.9 Å². The molecule has 0 saturated carbocycles. The van der Waals surface area contributed by atoms with Crippen molar-refractivity contribution in [1.29, 1.82) is 0 Å². The zero-order valence-electron chi connectivity index (χ0n) is 16.9. The molecule has 2 aliphatic rings. The Balaban J connectivity index is 1.28. The van der Waals surface area contributed by atoms with Crippen molar-refractivity contribution < 1.29 is 9.59 Å². The number of carbonyl (C=O) groups is 2. The van der Waals surface area contributed by atoms with Crippen LogP contribution in [0.3, 0.4) is 0 Å². The quantitative estimate of drug-likeness (QED) is 0.630. The highest BCUT2D eigenvalue weighted by Crippen LogP contribution is 2.33. The number of fused-ring (bicyclic) bond motifs is 1. The number of nitrogens with zero attached hydrogens (tertiary/aromatic N) is 3. The summed E-state index contributed by atoms with van der Waals surface area (Å²) in [5.74, 6) is 0.0651. The van der Waals surface area contributed by atoms with Gasteiger partial charge in [-0.15, -0.1) is 0 Å². The molecule has 152 valence electrons. The summed E-state index contributed by atoms with van der Waals surface area (Å²) in [6.07, 6.45) is 0.767. The van der Waals surface area contributed by atoms with Crippen LogP contribution in [0.4, 0.5) is 5.69 Å². The first-order valence-corrected chi connectivity index (χ1v) is 10.6. The maximum atomic E-state index is 13.3. The number of rotatable bonds is 4. The van der Waals surface area contributed by atoms with Crippen molar-refractivity contribution in [3.05, 3.63) is 89.7 Å². The number of anilines is 1. The Hall–Kier alpha value is -3.34. The van der Waals surface area contributed by atoms with Crippen LogP contribution in [0.2, 0.25) is 0 Å². The maximum absolute atomic E-state index is 13.3. The molecule has 0 unspecified atom stereocenters. The van der Waals surface area contributed by atoms with E-state index in [2.05, 4.69) is 17.0 Å². The number of hydrogen-bond donors (Lipinski definition) is 0. The molecule has 1 atom stereocenters. The number of amides is 1. The third-order valence-corrected chi connectivity index (χ3v) is 6.29. The fraction of sp³-hybridized carbons (Fsp3) is 0.280. The Morgan fingerprint density at radius 1 is 0.733 bits per heavy atom. The molecule has 1 fully saturated rings. The van der Waals surface area contributed by atoms with Gasteiger partial charge in [0.1, 0.15) is 0 Å². The van der Waals surface area contributed by atoms with Gasteiger partial charge in [0.25, 0.3) is 0 Å². The van der Waals surface area contributed by atoms with E-state index in [0.29, 0.717) is 11.3 Å². The van der Waals surface area contributed by atoms with Crippen LogP contribution in [0, 0.1) is 0 Å². The molecule has 0 bridgehead atoms. The SMILES string of the molecule is O=C(c1ccccc1)c1ccc2n1CC[C@H]2C(=O)N1CCN(c2ccccc2)CC1. The minimum Gasteiger partial charge on any atom is -0.368 e. The lowest BCUT2D eigenvalue weighted by atomic mass is 10.0. The van der Waals surface area contributed by atoms with Crippen LogP contribution in [0.25, 0.3) is 0 Å². The minimum absolute atomic E-state index is 0.0198. The molecule has 0 spiro atoms. The summed E-state index contributed by atoms with van der Waals surface area (Å²) in [6.45, 7) is 3.89. The number of ketones is 1. The molecule has 1 aromatic heterocycles. The summed E-state index contributed by atoms with van der Waals surface area (Å²) in [6, 6.07) is 23.5. The van der Waals surface area contributed by atoms with E-state index in [1.54, 1.807) is 0 Å². The summed E-state index contributed by atoms with van der Waals surface area (Å²) in [4.78, 5) is 30.5. The van der Waals surface area contributed by atoms with E-state index in [4.69, 9.17) is 0 Å². The predicted molar refractivity (Wildman–Crippen MR) is 117 cm³/mol. The van der Waals surface area contributed by atoms with Gasteiger partial charge < -0.3 is 14.4 Å². The van der Waals surface area contributed by atoms with E-state index in [1.807, 2.05) is 70.1 Å². The van der Waals surface area contributed by atoms with Crippen LogP contribution in [0.5, 0.6) is 0 Å². The number of para-hydroxylation sites is 1. The highest BCUT2D eigenvalue weighted by molar-refractivity contribution is 6.08. The predicted octanol–water partition coefficient (Wildman–Crippen LogP) is 3.56. The second-order valence-electron chi connectivity index (χ2n) is 7.98. The van der Waals surface area contributed by atoms with Crippen LogP contribution in [-0.2, 0) is 11.3 Å². The summed E-state index contributed by atoms with van der Waals surface area (Å²) < 4.78 is 2.04. The molecule has 30 heavy (non-hydrogen) atoms. The molecule has 3 heterocycles. The zero-order chi connectivity index (χ0) is 20.5. The molecule has 2 aliphatic heterocycles. The summed E-state index contributed by atoms with van der Waals surface area (Å²) >= 11 is 0. The molecule has 5 nitrogen and oxygen atoms in total. The average Bonchev–Trinajstić information content (AvgIpc) is 3.42. The molecule has 1 amide bonds. The third kappa shape index (κ3) is 3.30. The van der Waals surface area contributed by atoms with E-state index in [-0.39, 0.29) is 17.6 Å². The van der Waals surface area contributed by atoms with Gasteiger partial charge in [-0.2, -0.15) is 0 Å². The van der Waals surface area contributed by atoms with Gasteiger partial charge in [-0.1, -0.05) is 48.5 Å². The van der Waals surface area contributed by atoms with Crippen LogP contribution in [0.1, 0.15) is 34.1 Å². The van der Waals surface area contributed by atoms with Crippen LogP contribution in [-0.4, -0.2) is 47.3 Å². The molecule has 2 aromatic carbocycles. The van der Waals surface area contributed by atoms with Crippen LogP contribution < -0.4 is 4.90 Å². The summed E-state index contributed by atoms with van der Waals surface area (Å²) in [5.41, 5.74) is 3.55. The maximum Gasteiger partial charge on any atom is 0.231 e. The highest BCUT2D eigenvalue weighted by Gasteiger charge is 2.35. The highest BCUT2D eigenvalue weighted by atomic mass is 16.2.